The highest BCUT2D eigenvalue weighted by Gasteiger charge is 2.26. The highest BCUT2D eigenvalue weighted by atomic mass is 16.5. The average molecular weight is 298 g/mol. The molecule has 8 nitrogen and oxygen atoms in total. The number of rotatable bonds is 5. The zero-order valence-corrected chi connectivity index (χ0v) is 11.7. The van der Waals surface area contributed by atoms with Crippen LogP contribution in [0.1, 0.15) is 17.5 Å². The van der Waals surface area contributed by atoms with Gasteiger partial charge in [0.2, 0.25) is 5.89 Å². The predicted octanol–water partition coefficient (Wildman–Crippen LogP) is 1.38. The van der Waals surface area contributed by atoms with Crippen LogP contribution in [-0.4, -0.2) is 38.4 Å². The summed E-state index contributed by atoms with van der Waals surface area (Å²) in [5, 5.41) is 19.2. The van der Waals surface area contributed by atoms with Crippen LogP contribution in [0, 0.1) is 0 Å². The Balaban J connectivity index is 1.39. The minimum atomic E-state index is 0.224. The van der Waals surface area contributed by atoms with Crippen molar-refractivity contribution in [3.8, 4) is 5.69 Å². The lowest BCUT2D eigenvalue weighted by Crippen LogP contribution is -2.25. The first-order valence-electron chi connectivity index (χ1n) is 7.00. The summed E-state index contributed by atoms with van der Waals surface area (Å²) in [5.74, 6) is 0.837. The first kappa shape index (κ1) is 13.0. The summed E-state index contributed by atoms with van der Waals surface area (Å²) >= 11 is 0. The summed E-state index contributed by atoms with van der Waals surface area (Å²) in [5.41, 5.74) is 1.75. The molecule has 1 saturated heterocycles. The molecule has 0 bridgehead atoms. The Kier molecular flexibility index (Phi) is 3.28. The van der Waals surface area contributed by atoms with Crippen LogP contribution < -0.4 is 5.32 Å². The summed E-state index contributed by atoms with van der Waals surface area (Å²) in [6.07, 6.45) is 1.86. The largest absolute Gasteiger partial charge is 0.408 e. The topological polar surface area (TPSA) is 90.9 Å². The van der Waals surface area contributed by atoms with Crippen LogP contribution in [0.4, 0.5) is 6.01 Å². The van der Waals surface area contributed by atoms with Crippen molar-refractivity contribution in [1.82, 2.24) is 25.2 Å². The van der Waals surface area contributed by atoms with Crippen LogP contribution in [0.3, 0.4) is 0 Å². The van der Waals surface area contributed by atoms with Gasteiger partial charge in [-0.2, -0.15) is 0 Å². The maximum Gasteiger partial charge on any atom is 0.315 e. The van der Waals surface area contributed by atoms with Gasteiger partial charge < -0.3 is 14.5 Å². The molecule has 0 unspecified atom stereocenters. The van der Waals surface area contributed by atoms with Gasteiger partial charge in [0.05, 0.1) is 37.6 Å². The predicted molar refractivity (Wildman–Crippen MR) is 76.5 cm³/mol. The lowest BCUT2D eigenvalue weighted by molar-refractivity contribution is -0.00216. The van der Waals surface area contributed by atoms with Gasteiger partial charge in [0.25, 0.3) is 0 Å². The molecular formula is C14H14N6O2. The summed E-state index contributed by atoms with van der Waals surface area (Å²) in [6, 6.07) is 10.2. The van der Waals surface area contributed by atoms with Gasteiger partial charge in [-0.25, -0.2) is 4.68 Å². The number of benzene rings is 1. The van der Waals surface area contributed by atoms with E-state index in [1.807, 2.05) is 36.5 Å². The quantitative estimate of drug-likeness (QED) is 0.760. The van der Waals surface area contributed by atoms with Crippen LogP contribution in [0.2, 0.25) is 0 Å². The standard InChI is InChI=1S/C14H14N6O2/c1-2-4-12(5-3-1)20-7-11(16-19-20)6-15-14-18-17-13(22-14)10-8-21-9-10/h1-5,7,10H,6,8-9H2,(H,15,18). The molecule has 1 fully saturated rings. The van der Waals surface area contributed by atoms with E-state index in [2.05, 4.69) is 25.8 Å². The molecule has 3 heterocycles. The number of hydrogen-bond donors (Lipinski definition) is 1. The summed E-state index contributed by atoms with van der Waals surface area (Å²) < 4.78 is 12.4. The van der Waals surface area contributed by atoms with E-state index in [9.17, 15) is 0 Å². The van der Waals surface area contributed by atoms with Gasteiger partial charge in [0, 0.05) is 0 Å². The number of aromatic nitrogens is 5. The number of nitrogens with zero attached hydrogens (tertiary/aromatic N) is 5. The molecule has 0 spiro atoms. The van der Waals surface area contributed by atoms with E-state index in [1.165, 1.54) is 0 Å². The fourth-order valence-corrected chi connectivity index (χ4v) is 2.10. The fraction of sp³-hybridized carbons (Fsp3) is 0.286. The second-order valence-electron chi connectivity index (χ2n) is 5.02. The molecule has 1 aromatic carbocycles. The maximum absolute atomic E-state index is 5.53. The molecule has 1 N–H and O–H groups in total. The number of nitrogens with one attached hydrogen (secondary N) is 1. The third-order valence-electron chi connectivity index (χ3n) is 3.41. The first-order chi connectivity index (χ1) is 10.9. The maximum atomic E-state index is 5.53. The van der Waals surface area contributed by atoms with Gasteiger partial charge in [-0.15, -0.1) is 10.2 Å². The molecule has 4 rings (SSSR count). The molecule has 1 aliphatic heterocycles. The van der Waals surface area contributed by atoms with Crippen molar-refractivity contribution in [1.29, 1.82) is 0 Å². The van der Waals surface area contributed by atoms with Crippen molar-refractivity contribution in [2.24, 2.45) is 0 Å². The average Bonchev–Trinajstić information content (AvgIpc) is 3.14. The van der Waals surface area contributed by atoms with Gasteiger partial charge in [-0.3, -0.25) is 0 Å². The van der Waals surface area contributed by atoms with E-state index in [-0.39, 0.29) is 5.92 Å². The second kappa shape index (κ2) is 5.57. The number of hydrogen-bond acceptors (Lipinski definition) is 7. The smallest absolute Gasteiger partial charge is 0.315 e. The molecule has 1 aliphatic rings. The van der Waals surface area contributed by atoms with Gasteiger partial charge in [0.1, 0.15) is 5.69 Å². The molecule has 3 aromatic rings. The van der Waals surface area contributed by atoms with Crippen molar-refractivity contribution >= 4 is 6.01 Å². The van der Waals surface area contributed by atoms with Gasteiger partial charge in [0.15, 0.2) is 0 Å². The second-order valence-corrected chi connectivity index (χ2v) is 5.02. The van der Waals surface area contributed by atoms with Crippen molar-refractivity contribution in [3.05, 3.63) is 48.1 Å². The molecule has 0 aliphatic carbocycles. The van der Waals surface area contributed by atoms with Crippen LogP contribution in [0.5, 0.6) is 0 Å². The summed E-state index contributed by atoms with van der Waals surface area (Å²) in [4.78, 5) is 0. The van der Waals surface area contributed by atoms with Gasteiger partial charge >= 0.3 is 6.01 Å². The molecule has 0 saturated carbocycles. The molecule has 112 valence electrons. The number of anilines is 1. The lowest BCUT2D eigenvalue weighted by Gasteiger charge is -2.21. The summed E-state index contributed by atoms with van der Waals surface area (Å²) in [7, 11) is 0. The zero-order chi connectivity index (χ0) is 14.8. The minimum absolute atomic E-state index is 0.224. The third kappa shape index (κ3) is 2.56. The van der Waals surface area contributed by atoms with E-state index in [0.717, 1.165) is 11.4 Å². The minimum Gasteiger partial charge on any atom is -0.408 e. The first-order valence-corrected chi connectivity index (χ1v) is 7.00. The van der Waals surface area contributed by atoms with Crippen LogP contribution >= 0.6 is 0 Å². The van der Waals surface area contributed by atoms with E-state index >= 15 is 0 Å². The van der Waals surface area contributed by atoms with E-state index < -0.39 is 0 Å². The Morgan fingerprint density at radius 2 is 2.00 bits per heavy atom. The lowest BCUT2D eigenvalue weighted by atomic mass is 10.1. The molecule has 22 heavy (non-hydrogen) atoms. The highest BCUT2D eigenvalue weighted by Crippen LogP contribution is 2.23. The Morgan fingerprint density at radius 1 is 1.14 bits per heavy atom. The Morgan fingerprint density at radius 3 is 2.77 bits per heavy atom. The van der Waals surface area contributed by atoms with Crippen LogP contribution in [-0.2, 0) is 11.3 Å². The molecule has 0 radical (unpaired) electrons. The molecule has 0 amide bonds. The third-order valence-corrected chi connectivity index (χ3v) is 3.41. The monoisotopic (exact) mass is 298 g/mol. The van der Waals surface area contributed by atoms with Crippen molar-refractivity contribution in [2.45, 2.75) is 12.5 Å². The van der Waals surface area contributed by atoms with Crippen LogP contribution in [0.25, 0.3) is 5.69 Å². The SMILES string of the molecule is c1ccc(-n2cc(CNc3nnc(C4COC4)o3)nn2)cc1. The van der Waals surface area contributed by atoms with Crippen molar-refractivity contribution in [3.63, 3.8) is 0 Å². The Hall–Kier alpha value is -2.74. The Labute approximate surface area is 126 Å². The molecular weight excluding hydrogens is 284 g/mol. The van der Waals surface area contributed by atoms with Crippen molar-refractivity contribution < 1.29 is 9.15 Å². The molecule has 0 atom stereocenters. The summed E-state index contributed by atoms with van der Waals surface area (Å²) in [6.45, 7) is 1.76. The van der Waals surface area contributed by atoms with Crippen LogP contribution in [0.15, 0.2) is 40.9 Å². The Bertz CT molecular complexity index is 750. The highest BCUT2D eigenvalue weighted by molar-refractivity contribution is 5.30. The fourth-order valence-electron chi connectivity index (χ4n) is 2.10. The van der Waals surface area contributed by atoms with E-state index in [1.54, 1.807) is 4.68 Å². The molecule has 8 heteroatoms. The molecule has 2 aromatic heterocycles. The van der Waals surface area contributed by atoms with Crippen molar-refractivity contribution in [2.75, 3.05) is 18.5 Å². The van der Waals surface area contributed by atoms with E-state index in [4.69, 9.17) is 9.15 Å². The normalized spacial score (nSPS) is 14.7. The van der Waals surface area contributed by atoms with Gasteiger partial charge in [-0.1, -0.05) is 28.5 Å². The zero-order valence-electron chi connectivity index (χ0n) is 11.7. The number of ether oxygens (including phenoxy) is 1. The van der Waals surface area contributed by atoms with E-state index in [0.29, 0.717) is 31.7 Å². The number of para-hydroxylation sites is 1. The van der Waals surface area contributed by atoms with Gasteiger partial charge in [-0.05, 0) is 12.1 Å².